The van der Waals surface area contributed by atoms with Gasteiger partial charge in [0.25, 0.3) is 0 Å². The highest BCUT2D eigenvalue weighted by atomic mass is 32.2. The van der Waals surface area contributed by atoms with E-state index in [0.29, 0.717) is 11.3 Å². The van der Waals surface area contributed by atoms with Gasteiger partial charge in [-0.05, 0) is 31.0 Å². The zero-order valence-electron chi connectivity index (χ0n) is 11.7. The van der Waals surface area contributed by atoms with Crippen molar-refractivity contribution in [3.8, 4) is 6.07 Å². The Morgan fingerprint density at radius 1 is 1.48 bits per heavy atom. The van der Waals surface area contributed by atoms with E-state index < -0.39 is 10.0 Å². The summed E-state index contributed by atoms with van der Waals surface area (Å²) < 4.78 is 25.0. The van der Waals surface area contributed by atoms with E-state index in [9.17, 15) is 13.2 Å². The Kier molecular flexibility index (Phi) is 4.48. The standard InChI is InChI=1S/C14H17N3O3S/c1-21(19,20)17(8-7-16-14(18)12-5-6-12)13-4-2-3-11(9-13)10-15/h2-4,9,12H,5-8H2,1H3,(H,16,18). The van der Waals surface area contributed by atoms with Gasteiger partial charge in [-0.3, -0.25) is 9.10 Å². The fraction of sp³-hybridized carbons (Fsp3) is 0.429. The molecule has 1 saturated carbocycles. The second-order valence-corrected chi connectivity index (χ2v) is 6.97. The predicted octanol–water partition coefficient (Wildman–Crippen LogP) is 0.850. The van der Waals surface area contributed by atoms with E-state index in [0.717, 1.165) is 19.1 Å². The third-order valence-corrected chi connectivity index (χ3v) is 4.42. The number of amides is 1. The summed E-state index contributed by atoms with van der Waals surface area (Å²) >= 11 is 0. The first-order valence-electron chi connectivity index (χ1n) is 6.67. The molecule has 1 aromatic rings. The van der Waals surface area contributed by atoms with E-state index in [1.165, 1.54) is 10.4 Å². The van der Waals surface area contributed by atoms with Crippen LogP contribution in [0.25, 0.3) is 0 Å². The smallest absolute Gasteiger partial charge is 0.232 e. The molecule has 0 bridgehead atoms. The molecule has 1 amide bonds. The van der Waals surface area contributed by atoms with Crippen LogP contribution in [0.15, 0.2) is 24.3 Å². The molecule has 2 rings (SSSR count). The Morgan fingerprint density at radius 3 is 2.76 bits per heavy atom. The van der Waals surface area contributed by atoms with Crippen LogP contribution in [0.3, 0.4) is 0 Å². The summed E-state index contributed by atoms with van der Waals surface area (Å²) in [4.78, 5) is 11.6. The van der Waals surface area contributed by atoms with Crippen molar-refractivity contribution in [1.82, 2.24) is 5.32 Å². The van der Waals surface area contributed by atoms with Crippen LogP contribution in [0.4, 0.5) is 5.69 Å². The Morgan fingerprint density at radius 2 is 2.19 bits per heavy atom. The Labute approximate surface area is 124 Å². The van der Waals surface area contributed by atoms with Gasteiger partial charge in [-0.1, -0.05) is 6.07 Å². The van der Waals surface area contributed by atoms with Gasteiger partial charge in [0.15, 0.2) is 0 Å². The summed E-state index contributed by atoms with van der Waals surface area (Å²) in [5, 5.41) is 11.6. The molecule has 0 aliphatic heterocycles. The molecular formula is C14H17N3O3S. The van der Waals surface area contributed by atoms with E-state index in [1.54, 1.807) is 18.2 Å². The number of anilines is 1. The van der Waals surface area contributed by atoms with Gasteiger partial charge in [-0.15, -0.1) is 0 Å². The number of nitrogens with zero attached hydrogens (tertiary/aromatic N) is 2. The van der Waals surface area contributed by atoms with Crippen LogP contribution in [0, 0.1) is 17.2 Å². The Balaban J connectivity index is 2.07. The largest absolute Gasteiger partial charge is 0.354 e. The molecule has 1 fully saturated rings. The maximum absolute atomic E-state index is 11.9. The van der Waals surface area contributed by atoms with E-state index >= 15 is 0 Å². The summed E-state index contributed by atoms with van der Waals surface area (Å²) in [6.45, 7) is 0.394. The van der Waals surface area contributed by atoms with E-state index in [2.05, 4.69) is 5.32 Å². The second-order valence-electron chi connectivity index (χ2n) is 5.06. The van der Waals surface area contributed by atoms with Gasteiger partial charge in [-0.2, -0.15) is 5.26 Å². The molecule has 21 heavy (non-hydrogen) atoms. The minimum absolute atomic E-state index is 0.0192. The third-order valence-electron chi connectivity index (χ3n) is 3.23. The summed E-state index contributed by atoms with van der Waals surface area (Å²) in [7, 11) is -3.47. The van der Waals surface area contributed by atoms with Crippen molar-refractivity contribution in [2.75, 3.05) is 23.7 Å². The normalized spacial score (nSPS) is 14.3. The summed E-state index contributed by atoms with van der Waals surface area (Å²) in [5.74, 6) is 0.0767. The molecule has 0 spiro atoms. The number of rotatable bonds is 6. The van der Waals surface area contributed by atoms with E-state index in [4.69, 9.17) is 5.26 Å². The summed E-state index contributed by atoms with van der Waals surface area (Å²) in [5.41, 5.74) is 0.820. The third kappa shape index (κ3) is 4.20. The minimum atomic E-state index is -3.47. The van der Waals surface area contributed by atoms with Gasteiger partial charge in [0.1, 0.15) is 0 Å². The van der Waals surface area contributed by atoms with Gasteiger partial charge >= 0.3 is 0 Å². The van der Waals surface area contributed by atoms with E-state index in [-0.39, 0.29) is 24.9 Å². The van der Waals surface area contributed by atoms with Crippen molar-refractivity contribution in [2.24, 2.45) is 5.92 Å². The monoisotopic (exact) mass is 307 g/mol. The van der Waals surface area contributed by atoms with Crippen LogP contribution in [-0.4, -0.2) is 33.7 Å². The molecule has 1 aromatic carbocycles. The first-order chi connectivity index (χ1) is 9.91. The molecule has 0 unspecified atom stereocenters. The molecule has 6 nitrogen and oxygen atoms in total. The Hall–Kier alpha value is -2.07. The molecule has 0 heterocycles. The summed E-state index contributed by atoms with van der Waals surface area (Å²) in [6, 6.07) is 8.37. The molecule has 0 aromatic heterocycles. The topological polar surface area (TPSA) is 90.3 Å². The van der Waals surface area contributed by atoms with Gasteiger partial charge in [0.05, 0.1) is 30.1 Å². The fourth-order valence-electron chi connectivity index (χ4n) is 1.99. The number of carbonyl (C=O) groups is 1. The molecule has 7 heteroatoms. The van der Waals surface area contributed by atoms with Crippen LogP contribution in [0.5, 0.6) is 0 Å². The predicted molar refractivity (Wildman–Crippen MR) is 79.1 cm³/mol. The van der Waals surface area contributed by atoms with Crippen molar-refractivity contribution in [3.05, 3.63) is 29.8 Å². The molecule has 1 N–H and O–H groups in total. The molecule has 1 aliphatic carbocycles. The number of hydrogen-bond acceptors (Lipinski definition) is 4. The van der Waals surface area contributed by atoms with Crippen LogP contribution >= 0.6 is 0 Å². The van der Waals surface area contributed by atoms with Crippen molar-refractivity contribution in [3.63, 3.8) is 0 Å². The molecule has 1 aliphatic rings. The van der Waals surface area contributed by atoms with Crippen LogP contribution in [-0.2, 0) is 14.8 Å². The number of sulfonamides is 1. The maximum atomic E-state index is 11.9. The highest BCUT2D eigenvalue weighted by molar-refractivity contribution is 7.92. The van der Waals surface area contributed by atoms with Crippen LogP contribution in [0.1, 0.15) is 18.4 Å². The maximum Gasteiger partial charge on any atom is 0.232 e. The summed E-state index contributed by atoms with van der Waals surface area (Å²) in [6.07, 6.45) is 2.92. The highest BCUT2D eigenvalue weighted by Gasteiger charge is 2.29. The van der Waals surface area contributed by atoms with Gasteiger partial charge in [0.2, 0.25) is 15.9 Å². The van der Waals surface area contributed by atoms with Crippen LogP contribution in [0.2, 0.25) is 0 Å². The van der Waals surface area contributed by atoms with Crippen molar-refractivity contribution >= 4 is 21.6 Å². The zero-order valence-corrected chi connectivity index (χ0v) is 12.6. The molecule has 0 atom stereocenters. The quantitative estimate of drug-likeness (QED) is 0.843. The first-order valence-corrected chi connectivity index (χ1v) is 8.52. The lowest BCUT2D eigenvalue weighted by atomic mass is 10.2. The number of benzene rings is 1. The highest BCUT2D eigenvalue weighted by Crippen LogP contribution is 2.28. The van der Waals surface area contributed by atoms with E-state index in [1.807, 2.05) is 6.07 Å². The molecule has 112 valence electrons. The van der Waals surface area contributed by atoms with Gasteiger partial charge in [-0.25, -0.2) is 8.42 Å². The van der Waals surface area contributed by atoms with Crippen molar-refractivity contribution in [2.45, 2.75) is 12.8 Å². The number of nitriles is 1. The minimum Gasteiger partial charge on any atom is -0.354 e. The number of hydrogen-bond donors (Lipinski definition) is 1. The SMILES string of the molecule is CS(=O)(=O)N(CCNC(=O)C1CC1)c1cccc(C#N)c1. The lowest BCUT2D eigenvalue weighted by Gasteiger charge is -2.22. The first kappa shape index (κ1) is 15.3. The number of carbonyl (C=O) groups excluding carboxylic acids is 1. The zero-order chi connectivity index (χ0) is 15.5. The average molecular weight is 307 g/mol. The lowest BCUT2D eigenvalue weighted by Crippen LogP contribution is -2.38. The molecule has 0 saturated heterocycles. The van der Waals surface area contributed by atoms with Crippen molar-refractivity contribution < 1.29 is 13.2 Å². The van der Waals surface area contributed by atoms with Crippen LogP contribution < -0.4 is 9.62 Å². The molecular weight excluding hydrogens is 290 g/mol. The Bertz CT molecular complexity index is 675. The van der Waals surface area contributed by atoms with Gasteiger partial charge in [0, 0.05) is 12.5 Å². The molecule has 0 radical (unpaired) electrons. The van der Waals surface area contributed by atoms with Gasteiger partial charge < -0.3 is 5.32 Å². The second kappa shape index (κ2) is 6.14. The number of nitrogens with one attached hydrogen (secondary N) is 1. The average Bonchev–Trinajstić information content (AvgIpc) is 3.26. The fourth-order valence-corrected chi connectivity index (χ4v) is 2.91. The van der Waals surface area contributed by atoms with Crippen molar-refractivity contribution in [1.29, 1.82) is 5.26 Å². The lowest BCUT2D eigenvalue weighted by molar-refractivity contribution is -0.122.